The fourth-order valence-electron chi connectivity index (χ4n) is 2.34. The summed E-state index contributed by atoms with van der Waals surface area (Å²) in [7, 11) is -4.01. The van der Waals surface area contributed by atoms with Crippen LogP contribution in [-0.4, -0.2) is 41.9 Å². The molecule has 3 rings (SSSR count). The van der Waals surface area contributed by atoms with Crippen LogP contribution in [0.5, 0.6) is 5.75 Å². The molecule has 0 radical (unpaired) electrons. The van der Waals surface area contributed by atoms with Crippen molar-refractivity contribution in [2.45, 2.75) is 9.10 Å². The normalized spacial score (nSPS) is 11.0. The Balaban J connectivity index is 1.64. The number of sulfone groups is 1. The Morgan fingerprint density at radius 2 is 1.91 bits per heavy atom. The number of aromatic hydroxyl groups is 1. The molecule has 1 heterocycles. The molecule has 0 unspecified atom stereocenters. The van der Waals surface area contributed by atoms with Crippen molar-refractivity contribution in [1.82, 2.24) is 4.98 Å². The number of phenolic OH excluding ortho intramolecular Hbond substituents is 1. The number of non-ortho nitro benzene ring substituents is 1. The zero-order valence-corrected chi connectivity index (χ0v) is 18.1. The topological polar surface area (TPSA) is 166 Å². The van der Waals surface area contributed by atoms with E-state index in [9.17, 15) is 33.2 Å². The third-order valence-electron chi connectivity index (χ3n) is 3.87. The Hall–Kier alpha value is -3.55. The molecule has 3 aromatic rings. The first-order chi connectivity index (χ1) is 15.1. The lowest BCUT2D eigenvalue weighted by atomic mass is 10.2. The van der Waals surface area contributed by atoms with Crippen LogP contribution in [0.3, 0.4) is 0 Å². The van der Waals surface area contributed by atoms with Gasteiger partial charge in [-0.2, -0.15) is 0 Å². The van der Waals surface area contributed by atoms with E-state index in [0.717, 1.165) is 30.5 Å². The third kappa shape index (κ3) is 5.19. The number of ether oxygens (including phenoxy) is 1. The van der Waals surface area contributed by atoms with Crippen LogP contribution in [0.4, 0.5) is 10.8 Å². The number of anilines is 1. The molecule has 0 spiro atoms. The quantitative estimate of drug-likeness (QED) is 0.283. The number of phenols is 1. The summed E-state index contributed by atoms with van der Waals surface area (Å²) in [4.78, 5) is 37.7. The molecule has 0 aliphatic rings. The van der Waals surface area contributed by atoms with Gasteiger partial charge in [0, 0.05) is 17.2 Å². The van der Waals surface area contributed by atoms with Crippen molar-refractivity contribution in [3.8, 4) is 5.75 Å². The minimum atomic E-state index is -4.01. The highest BCUT2D eigenvalue weighted by molar-refractivity contribution is 7.93. The zero-order chi connectivity index (χ0) is 23.5. The van der Waals surface area contributed by atoms with Crippen LogP contribution in [0.2, 0.25) is 5.02 Å². The number of amides is 1. The smallest absolute Gasteiger partial charge is 0.342 e. The van der Waals surface area contributed by atoms with Gasteiger partial charge in [-0.15, -0.1) is 0 Å². The molecule has 11 nitrogen and oxygen atoms in total. The molecule has 0 atom stereocenters. The van der Waals surface area contributed by atoms with Gasteiger partial charge in [-0.05, 0) is 30.3 Å². The number of aromatic nitrogens is 1. The Labute approximate surface area is 189 Å². The van der Waals surface area contributed by atoms with Crippen molar-refractivity contribution in [2.75, 3.05) is 11.9 Å². The molecule has 0 aliphatic heterocycles. The monoisotopic (exact) mass is 497 g/mol. The summed E-state index contributed by atoms with van der Waals surface area (Å²) in [5.41, 5.74) is -0.488. The van der Waals surface area contributed by atoms with Crippen molar-refractivity contribution in [2.24, 2.45) is 0 Å². The SMILES string of the molecule is O=C(COC(=O)c1cc(Cl)ccc1O)Nc1ncc(S(=O)(=O)c2ccc([N+](=O)[O-])cc2)s1. The van der Waals surface area contributed by atoms with E-state index >= 15 is 0 Å². The zero-order valence-electron chi connectivity index (χ0n) is 15.7. The number of hydrogen-bond acceptors (Lipinski definition) is 10. The molecule has 0 aliphatic carbocycles. The fraction of sp³-hybridized carbons (Fsp3) is 0.0556. The van der Waals surface area contributed by atoms with Crippen molar-refractivity contribution in [1.29, 1.82) is 0 Å². The molecule has 0 bridgehead atoms. The fourth-order valence-corrected chi connectivity index (χ4v) is 4.96. The molecule has 1 amide bonds. The average molecular weight is 498 g/mol. The first kappa shape index (κ1) is 23.1. The van der Waals surface area contributed by atoms with Gasteiger partial charge >= 0.3 is 5.97 Å². The lowest BCUT2D eigenvalue weighted by Crippen LogP contribution is -2.20. The number of hydrogen-bond donors (Lipinski definition) is 2. The lowest BCUT2D eigenvalue weighted by Gasteiger charge is -2.06. The highest BCUT2D eigenvalue weighted by Gasteiger charge is 2.23. The summed E-state index contributed by atoms with van der Waals surface area (Å²) in [6.45, 7) is -0.727. The molecule has 2 aromatic carbocycles. The van der Waals surface area contributed by atoms with Crippen molar-refractivity contribution < 1.29 is 32.8 Å². The van der Waals surface area contributed by atoms with Gasteiger partial charge in [0.2, 0.25) is 9.84 Å². The largest absolute Gasteiger partial charge is 0.507 e. The van der Waals surface area contributed by atoms with Gasteiger partial charge < -0.3 is 9.84 Å². The number of nitro groups is 1. The number of thiazole rings is 1. The summed E-state index contributed by atoms with van der Waals surface area (Å²) < 4.78 is 29.9. The van der Waals surface area contributed by atoms with Crippen LogP contribution >= 0.6 is 22.9 Å². The molecule has 32 heavy (non-hydrogen) atoms. The Kier molecular flexibility index (Phi) is 6.72. The summed E-state index contributed by atoms with van der Waals surface area (Å²) in [6.07, 6.45) is 1.02. The number of nitrogens with zero attached hydrogens (tertiary/aromatic N) is 2. The predicted molar refractivity (Wildman–Crippen MR) is 113 cm³/mol. The summed E-state index contributed by atoms with van der Waals surface area (Å²) in [5, 5.41) is 22.8. The Bertz CT molecular complexity index is 1310. The predicted octanol–water partition coefficient (Wildman–Crippen LogP) is 3.04. The number of esters is 1. The Morgan fingerprint density at radius 1 is 1.22 bits per heavy atom. The molecule has 14 heteroatoms. The molecular formula is C18H12ClN3O8S2. The molecule has 0 fully saturated rings. The first-order valence-electron chi connectivity index (χ1n) is 8.49. The highest BCUT2D eigenvalue weighted by Crippen LogP contribution is 2.29. The number of carbonyl (C=O) groups is 2. The van der Waals surface area contributed by atoms with Gasteiger partial charge in [0.25, 0.3) is 11.6 Å². The van der Waals surface area contributed by atoms with Gasteiger partial charge in [0.15, 0.2) is 11.7 Å². The number of halogens is 1. The van der Waals surface area contributed by atoms with E-state index in [4.69, 9.17) is 16.3 Å². The molecule has 166 valence electrons. The van der Waals surface area contributed by atoms with Crippen molar-refractivity contribution in [3.63, 3.8) is 0 Å². The number of carbonyl (C=O) groups excluding carboxylic acids is 2. The first-order valence-corrected chi connectivity index (χ1v) is 11.2. The van der Waals surface area contributed by atoms with Crippen LogP contribution in [0.25, 0.3) is 0 Å². The van der Waals surface area contributed by atoms with Gasteiger partial charge in [0.1, 0.15) is 15.5 Å². The average Bonchev–Trinajstić information content (AvgIpc) is 3.23. The maximum atomic E-state index is 12.6. The summed E-state index contributed by atoms with van der Waals surface area (Å²) in [6, 6.07) is 8.04. The van der Waals surface area contributed by atoms with E-state index in [0.29, 0.717) is 11.3 Å². The van der Waals surface area contributed by atoms with Crippen molar-refractivity contribution in [3.05, 3.63) is 69.4 Å². The van der Waals surface area contributed by atoms with Gasteiger partial charge in [0.05, 0.1) is 16.0 Å². The van der Waals surface area contributed by atoms with Crippen molar-refractivity contribution >= 4 is 55.5 Å². The minimum Gasteiger partial charge on any atom is -0.507 e. The second kappa shape index (κ2) is 9.30. The number of nitrogens with one attached hydrogen (secondary N) is 1. The van der Waals surface area contributed by atoms with Crippen LogP contribution in [-0.2, 0) is 19.4 Å². The van der Waals surface area contributed by atoms with Crippen LogP contribution < -0.4 is 5.32 Å². The number of benzene rings is 2. The van der Waals surface area contributed by atoms with E-state index in [2.05, 4.69) is 10.3 Å². The van der Waals surface area contributed by atoms with Gasteiger partial charge in [-0.25, -0.2) is 18.2 Å². The van der Waals surface area contributed by atoms with E-state index < -0.39 is 33.2 Å². The number of nitro benzene ring substituents is 1. The maximum Gasteiger partial charge on any atom is 0.342 e. The minimum absolute atomic E-state index is 0.0721. The van der Waals surface area contributed by atoms with E-state index in [1.54, 1.807) is 0 Å². The molecule has 0 saturated heterocycles. The van der Waals surface area contributed by atoms with Crippen LogP contribution in [0.15, 0.2) is 57.8 Å². The summed E-state index contributed by atoms with van der Waals surface area (Å²) >= 11 is 6.40. The van der Waals surface area contributed by atoms with Gasteiger partial charge in [-0.1, -0.05) is 22.9 Å². The van der Waals surface area contributed by atoms with Gasteiger partial charge in [-0.3, -0.25) is 20.2 Å². The van der Waals surface area contributed by atoms with E-state index in [1.165, 1.54) is 18.2 Å². The third-order valence-corrected chi connectivity index (χ3v) is 7.25. The lowest BCUT2D eigenvalue weighted by molar-refractivity contribution is -0.384. The van der Waals surface area contributed by atoms with E-state index in [-0.39, 0.29) is 36.3 Å². The number of rotatable bonds is 7. The maximum absolute atomic E-state index is 12.6. The summed E-state index contributed by atoms with van der Waals surface area (Å²) in [5.74, 6) is -2.16. The standard InChI is InChI=1S/C18H12ClN3O8S2/c19-10-1-6-14(23)13(7-10)17(25)30-9-15(24)21-18-20-8-16(31-18)32(28,29)12-4-2-11(3-5-12)22(26)27/h1-8,23H,9H2,(H,20,21,24). The molecular weight excluding hydrogens is 486 g/mol. The second-order valence-electron chi connectivity index (χ2n) is 6.02. The van der Waals surface area contributed by atoms with Crippen LogP contribution in [0, 0.1) is 10.1 Å². The molecule has 0 saturated carbocycles. The van der Waals surface area contributed by atoms with E-state index in [1.807, 2.05) is 0 Å². The second-order valence-corrected chi connectivity index (χ2v) is 9.67. The molecule has 1 aromatic heterocycles. The Morgan fingerprint density at radius 3 is 2.56 bits per heavy atom. The highest BCUT2D eigenvalue weighted by atomic mass is 35.5. The molecule has 2 N–H and O–H groups in total. The van der Waals surface area contributed by atoms with Crippen LogP contribution in [0.1, 0.15) is 10.4 Å².